The maximum Gasteiger partial charge on any atom is 0.135 e. The third-order valence-corrected chi connectivity index (χ3v) is 2.66. The van der Waals surface area contributed by atoms with Gasteiger partial charge in [0.1, 0.15) is 5.78 Å². The summed E-state index contributed by atoms with van der Waals surface area (Å²) in [5.74, 6) is 0.614. The number of unbranched alkanes of at least 4 members (excludes halogenated alkanes) is 4. The number of Topliss-reactive ketones (excluding diaryl/α,β-unsaturated/α-hetero) is 1. The summed E-state index contributed by atoms with van der Waals surface area (Å²) in [7, 11) is 0. The Labute approximate surface area is 101 Å². The summed E-state index contributed by atoms with van der Waals surface area (Å²) in [6.07, 6.45) is 6.96. The standard InChI is InChI=1S/C14H28O2/c1-12(2)14(15)10-8-6-5-7-9-11-16-13(3)4/h12-13H,5-11H2,1-4H3. The molecule has 0 unspecified atom stereocenters. The van der Waals surface area contributed by atoms with Crippen LogP contribution in [0.15, 0.2) is 0 Å². The van der Waals surface area contributed by atoms with Gasteiger partial charge in [-0.15, -0.1) is 0 Å². The lowest BCUT2D eigenvalue weighted by atomic mass is 10.0. The molecule has 2 heteroatoms. The van der Waals surface area contributed by atoms with E-state index >= 15 is 0 Å². The minimum absolute atomic E-state index is 0.208. The number of carbonyl (C=O) groups excluding carboxylic acids is 1. The molecule has 0 saturated heterocycles. The van der Waals surface area contributed by atoms with E-state index in [4.69, 9.17) is 4.74 Å². The van der Waals surface area contributed by atoms with Crippen LogP contribution in [0.5, 0.6) is 0 Å². The van der Waals surface area contributed by atoms with E-state index in [1.165, 1.54) is 19.3 Å². The fourth-order valence-corrected chi connectivity index (χ4v) is 1.54. The van der Waals surface area contributed by atoms with Crippen molar-refractivity contribution in [2.24, 2.45) is 5.92 Å². The highest BCUT2D eigenvalue weighted by Crippen LogP contribution is 2.09. The molecule has 16 heavy (non-hydrogen) atoms. The molecule has 0 amide bonds. The topological polar surface area (TPSA) is 26.3 Å². The van der Waals surface area contributed by atoms with Gasteiger partial charge in [-0.25, -0.2) is 0 Å². The maximum atomic E-state index is 11.3. The number of hydrogen-bond donors (Lipinski definition) is 0. The van der Waals surface area contributed by atoms with E-state index in [0.717, 1.165) is 25.9 Å². The van der Waals surface area contributed by atoms with Gasteiger partial charge < -0.3 is 4.74 Å². The first kappa shape index (κ1) is 15.6. The molecule has 0 aromatic carbocycles. The molecule has 0 radical (unpaired) electrons. The lowest BCUT2D eigenvalue weighted by Gasteiger charge is -2.07. The second kappa shape index (κ2) is 9.83. The molecule has 0 spiro atoms. The number of carbonyl (C=O) groups is 1. The van der Waals surface area contributed by atoms with Crippen molar-refractivity contribution in [3.63, 3.8) is 0 Å². The highest BCUT2D eigenvalue weighted by Gasteiger charge is 2.05. The largest absolute Gasteiger partial charge is 0.379 e. The van der Waals surface area contributed by atoms with Gasteiger partial charge in [0.2, 0.25) is 0 Å². The average molecular weight is 228 g/mol. The van der Waals surface area contributed by atoms with Gasteiger partial charge in [-0.05, 0) is 26.7 Å². The Morgan fingerprint density at radius 2 is 1.50 bits per heavy atom. The second-order valence-electron chi connectivity index (χ2n) is 5.06. The molecule has 0 saturated carbocycles. The molecule has 0 aliphatic rings. The Balaban J connectivity index is 3.13. The average Bonchev–Trinajstić information content (AvgIpc) is 2.21. The molecule has 0 aromatic heterocycles. The first-order valence-corrected chi connectivity index (χ1v) is 6.68. The smallest absolute Gasteiger partial charge is 0.135 e. The monoisotopic (exact) mass is 228 g/mol. The first-order chi connectivity index (χ1) is 7.54. The second-order valence-corrected chi connectivity index (χ2v) is 5.06. The van der Waals surface area contributed by atoms with Crippen LogP contribution in [0.25, 0.3) is 0 Å². The Bertz CT molecular complexity index is 174. The van der Waals surface area contributed by atoms with Crippen LogP contribution < -0.4 is 0 Å². The van der Waals surface area contributed by atoms with Crippen molar-refractivity contribution in [1.82, 2.24) is 0 Å². The fourth-order valence-electron chi connectivity index (χ4n) is 1.54. The third-order valence-electron chi connectivity index (χ3n) is 2.66. The zero-order valence-corrected chi connectivity index (χ0v) is 11.4. The Hall–Kier alpha value is -0.370. The van der Waals surface area contributed by atoms with Crippen molar-refractivity contribution in [2.45, 2.75) is 72.3 Å². The van der Waals surface area contributed by atoms with Crippen molar-refractivity contribution >= 4 is 5.78 Å². The van der Waals surface area contributed by atoms with E-state index in [-0.39, 0.29) is 5.92 Å². The van der Waals surface area contributed by atoms with Gasteiger partial charge in [0.25, 0.3) is 0 Å². The van der Waals surface area contributed by atoms with E-state index in [1.54, 1.807) is 0 Å². The quantitative estimate of drug-likeness (QED) is 0.529. The summed E-state index contributed by atoms with van der Waals surface area (Å²) in [5.41, 5.74) is 0. The molecule has 0 rings (SSSR count). The summed E-state index contributed by atoms with van der Waals surface area (Å²) in [4.78, 5) is 11.3. The number of rotatable bonds is 10. The molecule has 0 bridgehead atoms. The van der Waals surface area contributed by atoms with Crippen molar-refractivity contribution in [2.75, 3.05) is 6.61 Å². The van der Waals surface area contributed by atoms with Gasteiger partial charge in [0.05, 0.1) is 6.10 Å². The van der Waals surface area contributed by atoms with Crippen LogP contribution >= 0.6 is 0 Å². The predicted octanol–water partition coefficient (Wildman–Crippen LogP) is 3.98. The summed E-state index contributed by atoms with van der Waals surface area (Å²) < 4.78 is 5.46. The molecule has 0 aliphatic carbocycles. The van der Waals surface area contributed by atoms with Crippen LogP contribution in [-0.4, -0.2) is 18.5 Å². The fraction of sp³-hybridized carbons (Fsp3) is 0.929. The molecule has 0 aromatic rings. The normalized spacial score (nSPS) is 11.4. The zero-order chi connectivity index (χ0) is 12.4. The molecule has 2 nitrogen and oxygen atoms in total. The van der Waals surface area contributed by atoms with Crippen LogP contribution in [0.2, 0.25) is 0 Å². The molecular weight excluding hydrogens is 200 g/mol. The summed E-state index contributed by atoms with van der Waals surface area (Å²) in [6.45, 7) is 8.97. The van der Waals surface area contributed by atoms with E-state index in [9.17, 15) is 4.79 Å². The highest BCUT2D eigenvalue weighted by molar-refractivity contribution is 5.80. The number of ketones is 1. The Morgan fingerprint density at radius 3 is 2.06 bits per heavy atom. The van der Waals surface area contributed by atoms with Gasteiger partial charge in [-0.2, -0.15) is 0 Å². The van der Waals surface area contributed by atoms with Gasteiger partial charge in [-0.3, -0.25) is 4.79 Å². The Kier molecular flexibility index (Phi) is 9.60. The van der Waals surface area contributed by atoms with Crippen LogP contribution in [0.3, 0.4) is 0 Å². The number of hydrogen-bond acceptors (Lipinski definition) is 2. The molecule has 0 N–H and O–H groups in total. The molecule has 0 heterocycles. The van der Waals surface area contributed by atoms with E-state index < -0.39 is 0 Å². The minimum Gasteiger partial charge on any atom is -0.379 e. The van der Waals surface area contributed by atoms with Gasteiger partial charge in [0, 0.05) is 18.9 Å². The van der Waals surface area contributed by atoms with Crippen LogP contribution in [0.1, 0.15) is 66.2 Å². The predicted molar refractivity (Wildman–Crippen MR) is 68.6 cm³/mol. The molecular formula is C14H28O2. The summed E-state index contributed by atoms with van der Waals surface area (Å²) >= 11 is 0. The Morgan fingerprint density at radius 1 is 0.938 bits per heavy atom. The molecule has 0 aliphatic heterocycles. The van der Waals surface area contributed by atoms with Gasteiger partial charge in [0.15, 0.2) is 0 Å². The third kappa shape index (κ3) is 10.2. The van der Waals surface area contributed by atoms with E-state index in [2.05, 4.69) is 13.8 Å². The van der Waals surface area contributed by atoms with Crippen molar-refractivity contribution in [3.05, 3.63) is 0 Å². The van der Waals surface area contributed by atoms with Crippen LogP contribution in [0.4, 0.5) is 0 Å². The molecule has 0 fully saturated rings. The lowest BCUT2D eigenvalue weighted by molar-refractivity contribution is -0.122. The van der Waals surface area contributed by atoms with Crippen molar-refractivity contribution < 1.29 is 9.53 Å². The SMILES string of the molecule is CC(C)OCCCCCCCC(=O)C(C)C. The lowest BCUT2D eigenvalue weighted by Crippen LogP contribution is -2.06. The maximum absolute atomic E-state index is 11.3. The molecule has 96 valence electrons. The first-order valence-electron chi connectivity index (χ1n) is 6.68. The van der Waals surface area contributed by atoms with Gasteiger partial charge >= 0.3 is 0 Å². The molecule has 0 atom stereocenters. The van der Waals surface area contributed by atoms with Gasteiger partial charge in [-0.1, -0.05) is 33.1 Å². The summed E-state index contributed by atoms with van der Waals surface area (Å²) in [5, 5.41) is 0. The van der Waals surface area contributed by atoms with Crippen molar-refractivity contribution in [3.8, 4) is 0 Å². The summed E-state index contributed by atoms with van der Waals surface area (Å²) in [6, 6.07) is 0. The van der Waals surface area contributed by atoms with Crippen LogP contribution in [0, 0.1) is 5.92 Å². The van der Waals surface area contributed by atoms with E-state index in [1.807, 2.05) is 13.8 Å². The van der Waals surface area contributed by atoms with Crippen LogP contribution in [-0.2, 0) is 9.53 Å². The van der Waals surface area contributed by atoms with E-state index in [0.29, 0.717) is 11.9 Å². The zero-order valence-electron chi connectivity index (χ0n) is 11.4. The number of ether oxygens (including phenoxy) is 1. The van der Waals surface area contributed by atoms with Crippen molar-refractivity contribution in [1.29, 1.82) is 0 Å². The highest BCUT2D eigenvalue weighted by atomic mass is 16.5. The minimum atomic E-state index is 0.208.